The van der Waals surface area contributed by atoms with Crippen LogP contribution in [-0.2, 0) is 4.74 Å². The fraction of sp³-hybridized carbons (Fsp3) is 0.625. The van der Waals surface area contributed by atoms with E-state index in [-0.39, 0.29) is 5.41 Å². The second-order valence-electron chi connectivity index (χ2n) is 6.00. The average Bonchev–Trinajstić information content (AvgIpc) is 2.37. The number of nitrogens with one attached hydrogen (secondary N) is 1. The van der Waals surface area contributed by atoms with Gasteiger partial charge >= 0.3 is 0 Å². The molecule has 1 saturated carbocycles. The highest BCUT2D eigenvalue weighted by molar-refractivity contribution is 6.30. The van der Waals surface area contributed by atoms with Gasteiger partial charge in [0.1, 0.15) is 0 Å². The normalized spacial score (nSPS) is 26.8. The number of halogens is 1. The first kappa shape index (κ1) is 14.8. The molecule has 1 aliphatic rings. The zero-order valence-electron chi connectivity index (χ0n) is 12.2. The summed E-state index contributed by atoms with van der Waals surface area (Å²) in [5.74, 6) is 0. The van der Waals surface area contributed by atoms with E-state index in [1.807, 2.05) is 18.2 Å². The van der Waals surface area contributed by atoms with Crippen molar-refractivity contribution >= 4 is 11.6 Å². The van der Waals surface area contributed by atoms with Crippen LogP contribution in [-0.4, -0.2) is 18.8 Å². The molecule has 0 saturated heterocycles. The highest BCUT2D eigenvalue weighted by Crippen LogP contribution is 2.43. The van der Waals surface area contributed by atoms with Gasteiger partial charge in [0, 0.05) is 29.1 Å². The molecule has 0 spiro atoms. The zero-order valence-corrected chi connectivity index (χ0v) is 13.0. The molecule has 1 aromatic rings. The first-order chi connectivity index (χ1) is 8.95. The SMILES string of the molecule is CCOC1CC(NC(C)c2cccc(Cl)c2)C1(C)C. The summed E-state index contributed by atoms with van der Waals surface area (Å²) in [6.45, 7) is 9.60. The molecule has 1 aliphatic carbocycles. The van der Waals surface area contributed by atoms with Crippen molar-refractivity contribution in [2.24, 2.45) is 5.41 Å². The number of hydrogen-bond acceptors (Lipinski definition) is 2. The Morgan fingerprint density at radius 3 is 2.79 bits per heavy atom. The minimum atomic E-state index is 0.197. The van der Waals surface area contributed by atoms with Gasteiger partial charge in [-0.3, -0.25) is 0 Å². The van der Waals surface area contributed by atoms with Gasteiger partial charge in [-0.25, -0.2) is 0 Å². The lowest BCUT2D eigenvalue weighted by atomic mass is 9.64. The van der Waals surface area contributed by atoms with Crippen LogP contribution in [0, 0.1) is 5.41 Å². The van der Waals surface area contributed by atoms with E-state index in [1.54, 1.807) is 0 Å². The van der Waals surface area contributed by atoms with Gasteiger partial charge in [0.2, 0.25) is 0 Å². The van der Waals surface area contributed by atoms with Crippen LogP contribution in [0.5, 0.6) is 0 Å². The van der Waals surface area contributed by atoms with Crippen molar-refractivity contribution in [2.45, 2.75) is 52.3 Å². The summed E-state index contributed by atoms with van der Waals surface area (Å²) in [6, 6.07) is 8.88. The molecule has 19 heavy (non-hydrogen) atoms. The molecule has 1 aromatic carbocycles. The molecule has 0 aliphatic heterocycles. The Morgan fingerprint density at radius 2 is 2.21 bits per heavy atom. The summed E-state index contributed by atoms with van der Waals surface area (Å²) in [7, 11) is 0. The Labute approximate surface area is 121 Å². The maximum Gasteiger partial charge on any atom is 0.0655 e. The lowest BCUT2D eigenvalue weighted by Gasteiger charge is -2.52. The fourth-order valence-electron chi connectivity index (χ4n) is 2.83. The molecular formula is C16H24ClNO. The van der Waals surface area contributed by atoms with Gasteiger partial charge < -0.3 is 10.1 Å². The number of benzene rings is 1. The molecule has 3 unspecified atom stereocenters. The summed E-state index contributed by atoms with van der Waals surface area (Å²) in [5.41, 5.74) is 1.44. The van der Waals surface area contributed by atoms with E-state index in [2.05, 4.69) is 39.1 Å². The molecular weight excluding hydrogens is 258 g/mol. The van der Waals surface area contributed by atoms with E-state index in [0.717, 1.165) is 18.1 Å². The Bertz CT molecular complexity index is 433. The van der Waals surface area contributed by atoms with Gasteiger partial charge in [0.15, 0.2) is 0 Å². The van der Waals surface area contributed by atoms with Crippen molar-refractivity contribution in [3.63, 3.8) is 0 Å². The van der Waals surface area contributed by atoms with E-state index in [4.69, 9.17) is 16.3 Å². The van der Waals surface area contributed by atoms with Crippen molar-refractivity contribution in [3.8, 4) is 0 Å². The monoisotopic (exact) mass is 281 g/mol. The molecule has 0 amide bonds. The van der Waals surface area contributed by atoms with Gasteiger partial charge in [0.25, 0.3) is 0 Å². The molecule has 0 radical (unpaired) electrons. The number of ether oxygens (including phenoxy) is 1. The zero-order chi connectivity index (χ0) is 14.0. The minimum Gasteiger partial charge on any atom is -0.378 e. The molecule has 0 heterocycles. The minimum absolute atomic E-state index is 0.197. The Kier molecular flexibility index (Phi) is 4.54. The predicted octanol–water partition coefficient (Wildman–Crippen LogP) is 4.19. The van der Waals surface area contributed by atoms with Crippen molar-refractivity contribution in [2.75, 3.05) is 6.61 Å². The summed E-state index contributed by atoms with van der Waals surface area (Å²) >= 11 is 6.05. The second kappa shape index (κ2) is 5.82. The maximum absolute atomic E-state index is 6.05. The lowest BCUT2D eigenvalue weighted by molar-refractivity contribution is -0.116. The third kappa shape index (κ3) is 3.13. The summed E-state index contributed by atoms with van der Waals surface area (Å²) < 4.78 is 5.77. The van der Waals surface area contributed by atoms with E-state index >= 15 is 0 Å². The van der Waals surface area contributed by atoms with Gasteiger partial charge in [0.05, 0.1) is 6.10 Å². The standard InChI is InChI=1S/C16H24ClNO/c1-5-19-15-10-14(16(15,3)4)18-11(2)12-7-6-8-13(17)9-12/h6-9,11,14-15,18H,5,10H2,1-4H3. The lowest BCUT2D eigenvalue weighted by Crippen LogP contribution is -2.61. The van der Waals surface area contributed by atoms with E-state index in [0.29, 0.717) is 18.2 Å². The molecule has 3 heteroatoms. The van der Waals surface area contributed by atoms with Crippen LogP contribution >= 0.6 is 11.6 Å². The Balaban J connectivity index is 1.96. The van der Waals surface area contributed by atoms with Crippen LogP contribution in [0.2, 0.25) is 5.02 Å². The summed E-state index contributed by atoms with van der Waals surface area (Å²) in [6.07, 6.45) is 1.47. The van der Waals surface area contributed by atoms with Crippen molar-refractivity contribution < 1.29 is 4.74 Å². The van der Waals surface area contributed by atoms with Gasteiger partial charge in [-0.05, 0) is 38.0 Å². The molecule has 2 nitrogen and oxygen atoms in total. The topological polar surface area (TPSA) is 21.3 Å². The molecule has 2 rings (SSSR count). The predicted molar refractivity (Wildman–Crippen MR) is 80.6 cm³/mol. The highest BCUT2D eigenvalue weighted by atomic mass is 35.5. The summed E-state index contributed by atoms with van der Waals surface area (Å²) in [4.78, 5) is 0. The summed E-state index contributed by atoms with van der Waals surface area (Å²) in [5, 5.41) is 4.50. The van der Waals surface area contributed by atoms with Crippen LogP contribution < -0.4 is 5.32 Å². The first-order valence-corrected chi connectivity index (χ1v) is 7.46. The maximum atomic E-state index is 6.05. The fourth-order valence-corrected chi connectivity index (χ4v) is 3.02. The molecule has 1 fully saturated rings. The van der Waals surface area contributed by atoms with Crippen LogP contribution in [0.1, 0.15) is 45.7 Å². The van der Waals surface area contributed by atoms with E-state index in [9.17, 15) is 0 Å². The van der Waals surface area contributed by atoms with Crippen molar-refractivity contribution in [1.29, 1.82) is 0 Å². The second-order valence-corrected chi connectivity index (χ2v) is 6.43. The number of rotatable bonds is 5. The molecule has 1 N–H and O–H groups in total. The third-order valence-corrected chi connectivity index (χ3v) is 4.58. The van der Waals surface area contributed by atoms with Gasteiger partial charge in [-0.2, -0.15) is 0 Å². The smallest absolute Gasteiger partial charge is 0.0655 e. The first-order valence-electron chi connectivity index (χ1n) is 7.08. The molecule has 3 atom stereocenters. The van der Waals surface area contributed by atoms with E-state index < -0.39 is 0 Å². The molecule has 0 bridgehead atoms. The van der Waals surface area contributed by atoms with Gasteiger partial charge in [-0.1, -0.05) is 37.6 Å². The van der Waals surface area contributed by atoms with E-state index in [1.165, 1.54) is 5.56 Å². The van der Waals surface area contributed by atoms with Crippen LogP contribution in [0.4, 0.5) is 0 Å². The van der Waals surface area contributed by atoms with Crippen LogP contribution in [0.15, 0.2) is 24.3 Å². The highest BCUT2D eigenvalue weighted by Gasteiger charge is 2.49. The van der Waals surface area contributed by atoms with Crippen LogP contribution in [0.25, 0.3) is 0 Å². The van der Waals surface area contributed by atoms with Crippen molar-refractivity contribution in [3.05, 3.63) is 34.9 Å². The van der Waals surface area contributed by atoms with Gasteiger partial charge in [-0.15, -0.1) is 0 Å². The largest absolute Gasteiger partial charge is 0.378 e. The number of hydrogen-bond donors (Lipinski definition) is 1. The molecule has 106 valence electrons. The van der Waals surface area contributed by atoms with Crippen LogP contribution in [0.3, 0.4) is 0 Å². The quantitative estimate of drug-likeness (QED) is 0.874. The molecule has 0 aromatic heterocycles. The third-order valence-electron chi connectivity index (χ3n) is 4.35. The Morgan fingerprint density at radius 1 is 1.47 bits per heavy atom. The van der Waals surface area contributed by atoms with Crippen molar-refractivity contribution in [1.82, 2.24) is 5.32 Å². The average molecular weight is 282 g/mol. The Hall–Kier alpha value is -0.570.